The van der Waals surface area contributed by atoms with Crippen LogP contribution in [0.2, 0.25) is 0 Å². The number of anilines is 1. The molecular weight excluding hydrogens is 1010 g/mol. The number of sulfonamides is 1. The molecular formula is C43H58N3O16S6+. The smallest absolute Gasteiger partial charge is 0.425 e. The molecule has 2 aliphatic heterocycles. The lowest BCUT2D eigenvalue weighted by Crippen LogP contribution is -2.28. The highest BCUT2D eigenvalue weighted by atomic mass is 32.2. The van der Waals surface area contributed by atoms with Gasteiger partial charge in [-0.15, -0.1) is 37.0 Å². The van der Waals surface area contributed by atoms with Crippen molar-refractivity contribution in [1.29, 1.82) is 0 Å². The highest BCUT2D eigenvalue weighted by Gasteiger charge is 2.44. The Hall–Kier alpha value is -4.34. The normalized spacial score (nSPS) is 17.8. The van der Waals surface area contributed by atoms with Crippen molar-refractivity contribution in [2.45, 2.75) is 95.3 Å². The third-order valence-corrected chi connectivity index (χ3v) is 16.3. The SMILES string of the molecule is CCC[N+]1=C(C=CC2=C(SCCS(=O)(=O)O)C(=CC=C3N(CCCS(=O)(=O)O)c4ccc(S(=O)(=O)N(C)CCCC(=O)O)cc4C3(C)C)CCC2)C(C)(C)c2ccccc21.O=S(=O)=O.O=S(=O)=O. The summed E-state index contributed by atoms with van der Waals surface area (Å²) in [6.07, 6.45) is 11.6. The lowest BCUT2D eigenvalue weighted by Gasteiger charge is -2.27. The van der Waals surface area contributed by atoms with Crippen LogP contribution in [0.4, 0.5) is 11.4 Å². The van der Waals surface area contributed by atoms with E-state index in [1.54, 1.807) is 12.1 Å². The van der Waals surface area contributed by atoms with Gasteiger partial charge in [-0.2, -0.15) is 21.4 Å². The number of carboxylic acid groups (broad SMARTS) is 1. The quantitative estimate of drug-likeness (QED) is 0.116. The standard InChI is InChI=1S/C43H57N3O10S4.2O3S/c1-7-24-45-36-16-9-8-15-34(36)42(2,3)38(45)22-18-31-13-10-14-32(41(31)57-27-29-59(52,53)54)19-23-39-43(4,5)35-30-33(60(55,56)44(6)25-11-17-40(47)48)20-21-37(35)46(39)26-12-28-58(49,50)51;2*1-4(2)3/h8-9,15-16,18-23,30H,7,10-14,17,24-29H2,1-6H3,(H2-,47,48,49,50,51,52,53,54);;/p+1. The molecule has 0 atom stereocenters. The largest absolute Gasteiger partial charge is 0.481 e. The molecule has 3 aliphatic rings. The number of aliphatic carboxylic acids is 1. The van der Waals surface area contributed by atoms with Crippen LogP contribution in [0.15, 0.2) is 93.4 Å². The number of hydrogen-bond donors (Lipinski definition) is 3. The molecule has 0 saturated carbocycles. The molecule has 376 valence electrons. The molecule has 0 fully saturated rings. The van der Waals surface area contributed by atoms with Gasteiger partial charge in [0.2, 0.25) is 15.7 Å². The van der Waals surface area contributed by atoms with Crippen molar-refractivity contribution >= 4 is 86.3 Å². The average Bonchev–Trinajstić information content (AvgIpc) is 3.55. The van der Waals surface area contributed by atoms with Crippen LogP contribution in [0.25, 0.3) is 0 Å². The number of benzene rings is 2. The Labute approximate surface area is 406 Å². The summed E-state index contributed by atoms with van der Waals surface area (Å²) in [6, 6.07) is 13.2. The van der Waals surface area contributed by atoms with Crippen molar-refractivity contribution in [3.05, 3.63) is 99.6 Å². The third kappa shape index (κ3) is 16.1. The number of nitrogens with zero attached hydrogens (tertiary/aromatic N) is 3. The summed E-state index contributed by atoms with van der Waals surface area (Å²) in [6.45, 7) is 11.6. The Balaban J connectivity index is 0.00000142. The van der Waals surface area contributed by atoms with Gasteiger partial charge >= 0.3 is 27.2 Å². The summed E-state index contributed by atoms with van der Waals surface area (Å²) in [7, 11) is -17.3. The van der Waals surface area contributed by atoms with Gasteiger partial charge in [0.25, 0.3) is 20.2 Å². The molecule has 0 amide bonds. The van der Waals surface area contributed by atoms with Gasteiger partial charge in [0.05, 0.1) is 21.8 Å². The van der Waals surface area contributed by atoms with E-state index < -0.39 is 74.4 Å². The predicted octanol–water partition coefficient (Wildman–Crippen LogP) is 5.45. The molecule has 0 radical (unpaired) electrons. The third-order valence-electron chi connectivity index (χ3n) is 11.4. The summed E-state index contributed by atoms with van der Waals surface area (Å²) >= 11 is 1.38. The minimum atomic E-state index is -4.25. The van der Waals surface area contributed by atoms with Crippen LogP contribution in [0.3, 0.4) is 0 Å². The van der Waals surface area contributed by atoms with Crippen molar-refractivity contribution < 1.29 is 74.1 Å². The monoisotopic (exact) mass is 1060 g/mol. The number of hydrogen-bond acceptors (Lipinski definition) is 15. The zero-order chi connectivity index (χ0) is 51.4. The van der Waals surface area contributed by atoms with E-state index in [4.69, 9.17) is 30.4 Å². The topological polar surface area (TPSA) is 292 Å². The van der Waals surface area contributed by atoms with E-state index in [-0.39, 0.29) is 48.4 Å². The van der Waals surface area contributed by atoms with E-state index in [0.29, 0.717) is 17.7 Å². The lowest BCUT2D eigenvalue weighted by atomic mass is 9.81. The molecule has 0 aromatic heterocycles. The Morgan fingerprint density at radius 1 is 0.838 bits per heavy atom. The summed E-state index contributed by atoms with van der Waals surface area (Å²) < 4.78 is 148. The first-order chi connectivity index (χ1) is 31.4. The van der Waals surface area contributed by atoms with Crippen molar-refractivity contribution in [2.24, 2.45) is 0 Å². The molecule has 2 heterocycles. The van der Waals surface area contributed by atoms with Crippen molar-refractivity contribution in [1.82, 2.24) is 4.31 Å². The maximum absolute atomic E-state index is 13.7. The fraction of sp³-hybridized carbons (Fsp3) is 0.488. The summed E-state index contributed by atoms with van der Waals surface area (Å²) in [5.74, 6) is -1.76. The first-order valence-electron chi connectivity index (χ1n) is 21.2. The van der Waals surface area contributed by atoms with Gasteiger partial charge in [-0.3, -0.25) is 13.9 Å². The van der Waals surface area contributed by atoms with Gasteiger partial charge < -0.3 is 10.0 Å². The lowest BCUT2D eigenvalue weighted by molar-refractivity contribution is -0.437. The minimum Gasteiger partial charge on any atom is -0.481 e. The van der Waals surface area contributed by atoms with Gasteiger partial charge in [-0.25, -0.2) is 12.7 Å². The second-order valence-electron chi connectivity index (χ2n) is 16.9. The highest BCUT2D eigenvalue weighted by Crippen LogP contribution is 2.49. The number of carboxylic acids is 1. The molecule has 0 saturated heterocycles. The zero-order valence-electron chi connectivity index (χ0n) is 38.5. The summed E-state index contributed by atoms with van der Waals surface area (Å²) in [4.78, 5) is 14.0. The highest BCUT2D eigenvalue weighted by molar-refractivity contribution is 8.04. The molecule has 68 heavy (non-hydrogen) atoms. The van der Waals surface area contributed by atoms with Crippen molar-refractivity contribution in [3.8, 4) is 0 Å². The van der Waals surface area contributed by atoms with Crippen LogP contribution < -0.4 is 4.90 Å². The van der Waals surface area contributed by atoms with E-state index in [1.165, 1.54) is 36.1 Å². The molecule has 25 heteroatoms. The number of fused-ring (bicyclic) bond motifs is 2. The molecule has 0 unspecified atom stereocenters. The first kappa shape index (κ1) is 58.0. The number of carbonyl (C=O) groups is 1. The molecule has 3 N–H and O–H groups in total. The van der Waals surface area contributed by atoms with E-state index in [1.807, 2.05) is 30.9 Å². The van der Waals surface area contributed by atoms with Crippen LogP contribution in [-0.2, 0) is 67.1 Å². The van der Waals surface area contributed by atoms with Gasteiger partial charge in [0.1, 0.15) is 6.54 Å². The Kier molecular flexibility index (Phi) is 20.9. The molecule has 0 bridgehead atoms. The fourth-order valence-corrected chi connectivity index (χ4v) is 12.2. The van der Waals surface area contributed by atoms with E-state index >= 15 is 0 Å². The zero-order valence-corrected chi connectivity index (χ0v) is 43.4. The van der Waals surface area contributed by atoms with Crippen molar-refractivity contribution in [2.75, 3.05) is 48.8 Å². The van der Waals surface area contributed by atoms with Gasteiger partial charge in [-0.1, -0.05) is 51.1 Å². The van der Waals surface area contributed by atoms with E-state index in [0.717, 1.165) is 57.6 Å². The van der Waals surface area contributed by atoms with Crippen LogP contribution >= 0.6 is 11.8 Å². The Morgan fingerprint density at radius 3 is 2.04 bits per heavy atom. The molecule has 2 aromatic carbocycles. The van der Waals surface area contributed by atoms with Crippen LogP contribution in [0.1, 0.15) is 90.7 Å². The van der Waals surface area contributed by atoms with Crippen LogP contribution in [-0.4, -0.2) is 129 Å². The van der Waals surface area contributed by atoms with Gasteiger partial charge in [-0.05, 0) is 86.9 Å². The number of thioether (sulfide) groups is 1. The molecule has 0 spiro atoms. The summed E-state index contributed by atoms with van der Waals surface area (Å²) in [5.41, 5.74) is 6.73. The van der Waals surface area contributed by atoms with Crippen LogP contribution in [0, 0.1) is 0 Å². The van der Waals surface area contributed by atoms with Gasteiger partial charge in [0, 0.05) is 78.1 Å². The first-order valence-corrected chi connectivity index (χ1v) is 28.8. The summed E-state index contributed by atoms with van der Waals surface area (Å²) in [5, 5.41) is 9.05. The predicted molar refractivity (Wildman–Crippen MR) is 259 cm³/mol. The Bertz CT molecular complexity index is 2920. The maximum atomic E-state index is 13.7. The minimum absolute atomic E-state index is 0.0205. The van der Waals surface area contributed by atoms with E-state index in [2.05, 4.69) is 61.8 Å². The van der Waals surface area contributed by atoms with E-state index in [9.17, 15) is 39.2 Å². The van der Waals surface area contributed by atoms with Gasteiger partial charge in [0.15, 0.2) is 5.71 Å². The van der Waals surface area contributed by atoms with Crippen molar-refractivity contribution in [3.63, 3.8) is 0 Å². The number of allylic oxidation sites excluding steroid dienone is 7. The molecule has 2 aromatic rings. The molecule has 5 rings (SSSR count). The maximum Gasteiger partial charge on any atom is 0.425 e. The second kappa shape index (κ2) is 24.5. The number of rotatable bonds is 19. The fourth-order valence-electron chi connectivity index (χ4n) is 8.33. The van der Waals surface area contributed by atoms with Crippen LogP contribution in [0.5, 0.6) is 0 Å². The Morgan fingerprint density at radius 2 is 1.46 bits per heavy atom. The molecule has 19 nitrogen and oxygen atoms in total. The average molecular weight is 1070 g/mol. The second-order valence-corrected chi connectivity index (χ2v) is 24.0. The number of para-hydroxylation sites is 1. The molecule has 1 aliphatic carbocycles.